The van der Waals surface area contributed by atoms with Crippen LogP contribution in [0.5, 0.6) is 0 Å². The average molecular weight is 387 g/mol. The number of fused-ring (bicyclic) bond motifs is 1. The molecule has 0 saturated carbocycles. The Morgan fingerprint density at radius 3 is 2.68 bits per heavy atom. The van der Waals surface area contributed by atoms with E-state index in [1.807, 2.05) is 35.7 Å². The zero-order chi connectivity index (χ0) is 17.4. The van der Waals surface area contributed by atoms with Gasteiger partial charge in [0.15, 0.2) is 5.78 Å². The molecule has 0 N–H and O–H groups in total. The van der Waals surface area contributed by atoms with Crippen LogP contribution in [0.2, 0.25) is 4.34 Å². The van der Waals surface area contributed by atoms with Crippen LogP contribution < -0.4 is 5.56 Å². The molecule has 0 aliphatic carbocycles. The zero-order valence-electron chi connectivity index (χ0n) is 12.8. The first-order chi connectivity index (χ1) is 12.1. The molecule has 3 aromatic heterocycles. The molecular formula is C18H11ClN2O2S2. The van der Waals surface area contributed by atoms with Gasteiger partial charge in [0.05, 0.1) is 27.5 Å². The highest BCUT2D eigenvalue weighted by Crippen LogP contribution is 2.30. The maximum atomic E-state index is 12.9. The third-order valence-electron chi connectivity index (χ3n) is 3.81. The van der Waals surface area contributed by atoms with Crippen LogP contribution in [0.25, 0.3) is 21.3 Å². The Kier molecular flexibility index (Phi) is 4.25. The number of nitrogens with zero attached hydrogens (tertiary/aromatic N) is 2. The molecule has 0 amide bonds. The number of hydrogen-bond donors (Lipinski definition) is 0. The van der Waals surface area contributed by atoms with Crippen molar-refractivity contribution in [2.45, 2.75) is 6.54 Å². The molecule has 4 rings (SSSR count). The van der Waals surface area contributed by atoms with Crippen molar-refractivity contribution < 1.29 is 4.79 Å². The fourth-order valence-corrected chi connectivity index (χ4v) is 4.49. The number of aromatic nitrogens is 2. The highest BCUT2D eigenvalue weighted by atomic mass is 35.5. The average Bonchev–Trinajstić information content (AvgIpc) is 3.25. The van der Waals surface area contributed by atoms with E-state index < -0.39 is 0 Å². The molecule has 0 spiro atoms. The van der Waals surface area contributed by atoms with E-state index in [1.54, 1.807) is 12.1 Å². The summed E-state index contributed by atoms with van der Waals surface area (Å²) in [7, 11) is 0. The Balaban J connectivity index is 1.77. The highest BCUT2D eigenvalue weighted by Gasteiger charge is 2.16. The van der Waals surface area contributed by atoms with E-state index in [4.69, 9.17) is 11.6 Å². The molecule has 4 aromatic rings. The van der Waals surface area contributed by atoms with Crippen LogP contribution in [-0.2, 0) is 6.54 Å². The normalized spacial score (nSPS) is 11.1. The Hall–Kier alpha value is -2.28. The smallest absolute Gasteiger partial charge is 0.263 e. The van der Waals surface area contributed by atoms with Gasteiger partial charge < -0.3 is 0 Å². The van der Waals surface area contributed by atoms with Gasteiger partial charge in [0.2, 0.25) is 0 Å². The molecule has 0 saturated heterocycles. The van der Waals surface area contributed by atoms with Crippen LogP contribution in [0.4, 0.5) is 0 Å². The van der Waals surface area contributed by atoms with Crippen molar-refractivity contribution in [1.82, 2.24) is 9.55 Å². The van der Waals surface area contributed by atoms with Gasteiger partial charge in [0.25, 0.3) is 5.56 Å². The predicted octanol–water partition coefficient (Wildman–Crippen LogP) is 4.72. The monoisotopic (exact) mass is 386 g/mol. The fraction of sp³-hybridized carbons (Fsp3) is 0.0556. The summed E-state index contributed by atoms with van der Waals surface area (Å²) in [5, 5.41) is 2.48. The number of halogens is 1. The summed E-state index contributed by atoms with van der Waals surface area (Å²) in [6, 6.07) is 13.0. The van der Waals surface area contributed by atoms with Crippen molar-refractivity contribution in [3.8, 4) is 11.1 Å². The highest BCUT2D eigenvalue weighted by molar-refractivity contribution is 7.18. The fourth-order valence-electron chi connectivity index (χ4n) is 2.61. The van der Waals surface area contributed by atoms with Gasteiger partial charge in [-0.15, -0.1) is 22.7 Å². The van der Waals surface area contributed by atoms with Crippen LogP contribution in [0, 0.1) is 0 Å². The van der Waals surface area contributed by atoms with Crippen LogP contribution in [0.15, 0.2) is 59.0 Å². The molecule has 3 heterocycles. The predicted molar refractivity (Wildman–Crippen MR) is 103 cm³/mol. The number of Topliss-reactive ketones (excluding diaryl/α,β-unsaturated/α-hetero) is 1. The van der Waals surface area contributed by atoms with E-state index in [1.165, 1.54) is 33.6 Å². The Bertz CT molecular complexity index is 1130. The topological polar surface area (TPSA) is 52.0 Å². The van der Waals surface area contributed by atoms with Gasteiger partial charge in [0, 0.05) is 10.9 Å². The number of ketones is 1. The number of carbonyl (C=O) groups excluding carboxylic acids is 1. The minimum Gasteiger partial charge on any atom is -0.291 e. The molecule has 4 nitrogen and oxygen atoms in total. The van der Waals surface area contributed by atoms with E-state index in [-0.39, 0.29) is 17.9 Å². The lowest BCUT2D eigenvalue weighted by atomic mass is 10.1. The standard InChI is InChI=1S/C18H11ClN2O2S2/c19-15-7-6-14(25-15)13(22)8-21-10-20-17-16(18(21)23)12(9-24-17)11-4-2-1-3-5-11/h1-7,9-10H,8H2. The number of thiophene rings is 2. The lowest BCUT2D eigenvalue weighted by Gasteiger charge is -2.05. The number of benzene rings is 1. The number of hydrogen-bond acceptors (Lipinski definition) is 5. The third-order valence-corrected chi connectivity index (χ3v) is 5.97. The van der Waals surface area contributed by atoms with Crippen molar-refractivity contribution in [3.63, 3.8) is 0 Å². The maximum Gasteiger partial charge on any atom is 0.263 e. The molecule has 0 aliphatic rings. The largest absolute Gasteiger partial charge is 0.291 e. The summed E-state index contributed by atoms with van der Waals surface area (Å²) < 4.78 is 1.91. The SMILES string of the molecule is O=C(Cn1cnc2scc(-c3ccccc3)c2c1=O)c1ccc(Cl)s1. The van der Waals surface area contributed by atoms with Crippen LogP contribution in [0.3, 0.4) is 0 Å². The molecule has 25 heavy (non-hydrogen) atoms. The summed E-state index contributed by atoms with van der Waals surface area (Å²) in [4.78, 5) is 30.8. The zero-order valence-corrected chi connectivity index (χ0v) is 15.2. The first kappa shape index (κ1) is 16.2. The molecule has 0 fully saturated rings. The van der Waals surface area contributed by atoms with Gasteiger partial charge in [0.1, 0.15) is 4.83 Å². The third kappa shape index (κ3) is 3.04. The summed E-state index contributed by atoms with van der Waals surface area (Å²) in [6.07, 6.45) is 1.43. The molecule has 0 bridgehead atoms. The summed E-state index contributed by atoms with van der Waals surface area (Å²) in [6.45, 7) is -0.0529. The van der Waals surface area contributed by atoms with Gasteiger partial charge in [-0.3, -0.25) is 14.2 Å². The van der Waals surface area contributed by atoms with Gasteiger partial charge in [-0.2, -0.15) is 0 Å². The van der Waals surface area contributed by atoms with E-state index in [9.17, 15) is 9.59 Å². The second-order valence-electron chi connectivity index (χ2n) is 5.40. The second kappa shape index (κ2) is 6.55. The Morgan fingerprint density at radius 1 is 1.16 bits per heavy atom. The molecule has 0 radical (unpaired) electrons. The van der Waals surface area contributed by atoms with E-state index in [2.05, 4.69) is 4.98 Å². The van der Waals surface area contributed by atoms with Gasteiger partial charge >= 0.3 is 0 Å². The summed E-state index contributed by atoms with van der Waals surface area (Å²) in [5.41, 5.74) is 1.60. The van der Waals surface area contributed by atoms with E-state index >= 15 is 0 Å². The summed E-state index contributed by atoms with van der Waals surface area (Å²) in [5.74, 6) is -0.156. The lowest BCUT2D eigenvalue weighted by molar-refractivity contribution is 0.0974. The number of rotatable bonds is 4. The first-order valence-corrected chi connectivity index (χ1v) is 9.51. The lowest BCUT2D eigenvalue weighted by Crippen LogP contribution is -2.24. The van der Waals surface area contributed by atoms with Crippen LogP contribution in [0.1, 0.15) is 9.67 Å². The molecule has 0 unspecified atom stereocenters. The minimum absolute atomic E-state index is 0.0529. The minimum atomic E-state index is -0.207. The van der Waals surface area contributed by atoms with E-state index in [0.717, 1.165) is 11.1 Å². The molecule has 124 valence electrons. The Morgan fingerprint density at radius 2 is 1.96 bits per heavy atom. The van der Waals surface area contributed by atoms with Crippen molar-refractivity contribution in [2.75, 3.05) is 0 Å². The molecule has 1 aromatic carbocycles. The van der Waals surface area contributed by atoms with Crippen molar-refractivity contribution >= 4 is 50.3 Å². The van der Waals surface area contributed by atoms with E-state index in [0.29, 0.717) is 19.4 Å². The van der Waals surface area contributed by atoms with Crippen molar-refractivity contribution in [1.29, 1.82) is 0 Å². The van der Waals surface area contributed by atoms with Gasteiger partial charge in [-0.05, 0) is 17.7 Å². The molecule has 0 atom stereocenters. The Labute approximate surface area is 156 Å². The molecule has 0 aliphatic heterocycles. The van der Waals surface area contributed by atoms with Crippen LogP contribution in [-0.4, -0.2) is 15.3 Å². The maximum absolute atomic E-state index is 12.9. The second-order valence-corrected chi connectivity index (χ2v) is 7.97. The van der Waals surface area contributed by atoms with Crippen LogP contribution >= 0.6 is 34.3 Å². The quantitative estimate of drug-likeness (QED) is 0.477. The van der Waals surface area contributed by atoms with Gasteiger partial charge in [-0.25, -0.2) is 4.98 Å². The van der Waals surface area contributed by atoms with Crippen molar-refractivity contribution in [2.24, 2.45) is 0 Å². The molecular weight excluding hydrogens is 376 g/mol. The van der Waals surface area contributed by atoms with Crippen molar-refractivity contribution in [3.05, 3.63) is 73.7 Å². The first-order valence-electron chi connectivity index (χ1n) is 7.44. The summed E-state index contributed by atoms with van der Waals surface area (Å²) >= 11 is 8.51. The molecule has 7 heteroatoms. The van der Waals surface area contributed by atoms with Gasteiger partial charge in [-0.1, -0.05) is 41.9 Å². The number of carbonyl (C=O) groups is 1.